The highest BCUT2D eigenvalue weighted by molar-refractivity contribution is 9.10. The Morgan fingerprint density at radius 1 is 1.50 bits per heavy atom. The molecule has 0 atom stereocenters. The van der Waals surface area contributed by atoms with E-state index in [1.54, 1.807) is 7.11 Å². The summed E-state index contributed by atoms with van der Waals surface area (Å²) < 4.78 is 5.99. The number of halogens is 1. The van der Waals surface area contributed by atoms with E-state index in [1.807, 2.05) is 24.3 Å². The van der Waals surface area contributed by atoms with Gasteiger partial charge in [-0.2, -0.15) is 0 Å². The molecule has 0 aliphatic carbocycles. The highest BCUT2D eigenvalue weighted by Crippen LogP contribution is 2.16. The molecule has 0 saturated heterocycles. The van der Waals surface area contributed by atoms with E-state index in [9.17, 15) is 0 Å². The summed E-state index contributed by atoms with van der Waals surface area (Å²) in [5, 5.41) is 0.613. The summed E-state index contributed by atoms with van der Waals surface area (Å²) in [6.07, 6.45) is 0.688. The van der Waals surface area contributed by atoms with Gasteiger partial charge in [-0.1, -0.05) is 34.1 Å². The first-order valence-electron chi connectivity index (χ1n) is 3.54. The number of thiocarbonyl (C=S) groups is 1. The van der Waals surface area contributed by atoms with E-state index in [1.165, 1.54) is 0 Å². The second-order valence-corrected chi connectivity index (χ2v) is 3.65. The highest BCUT2D eigenvalue weighted by atomic mass is 79.9. The largest absolute Gasteiger partial charge is 0.490 e. The van der Waals surface area contributed by atoms with Gasteiger partial charge in [0.2, 0.25) is 0 Å². The quantitative estimate of drug-likeness (QED) is 0.741. The van der Waals surface area contributed by atoms with Crippen molar-refractivity contribution in [3.05, 3.63) is 34.3 Å². The van der Waals surface area contributed by atoms with Crippen molar-refractivity contribution in [2.75, 3.05) is 7.11 Å². The van der Waals surface area contributed by atoms with Gasteiger partial charge in [0.05, 0.1) is 7.11 Å². The van der Waals surface area contributed by atoms with Crippen LogP contribution in [0.2, 0.25) is 0 Å². The van der Waals surface area contributed by atoms with Crippen LogP contribution in [0.4, 0.5) is 0 Å². The molecule has 0 aliphatic heterocycles. The highest BCUT2D eigenvalue weighted by Gasteiger charge is 2.01. The van der Waals surface area contributed by atoms with Crippen molar-refractivity contribution in [2.45, 2.75) is 6.42 Å². The zero-order valence-electron chi connectivity index (χ0n) is 6.71. The fourth-order valence-electron chi connectivity index (χ4n) is 0.869. The summed E-state index contributed by atoms with van der Waals surface area (Å²) in [4.78, 5) is 0. The third-order valence-electron chi connectivity index (χ3n) is 1.52. The van der Waals surface area contributed by atoms with Crippen molar-refractivity contribution in [1.82, 2.24) is 0 Å². The van der Waals surface area contributed by atoms with Crippen molar-refractivity contribution in [2.24, 2.45) is 0 Å². The molecule has 0 heterocycles. The van der Waals surface area contributed by atoms with E-state index in [-0.39, 0.29) is 0 Å². The Labute approximate surface area is 85.9 Å². The molecule has 0 bridgehead atoms. The Balaban J connectivity index is 2.75. The molecular weight excluding hydrogens is 236 g/mol. The second-order valence-electron chi connectivity index (χ2n) is 2.34. The summed E-state index contributed by atoms with van der Waals surface area (Å²) in [6.45, 7) is 0. The van der Waals surface area contributed by atoms with Crippen LogP contribution >= 0.6 is 28.1 Å². The van der Waals surface area contributed by atoms with Gasteiger partial charge in [-0.3, -0.25) is 0 Å². The van der Waals surface area contributed by atoms with Gasteiger partial charge in [0.1, 0.15) is 0 Å². The molecule has 1 aromatic carbocycles. The molecular formula is C9H9BrOS. The van der Waals surface area contributed by atoms with Crippen molar-refractivity contribution >= 4 is 33.2 Å². The van der Waals surface area contributed by atoms with Gasteiger partial charge in [-0.25, -0.2) is 0 Å². The Morgan fingerprint density at radius 3 is 2.75 bits per heavy atom. The van der Waals surface area contributed by atoms with Gasteiger partial charge in [0.15, 0.2) is 5.05 Å². The molecule has 0 radical (unpaired) electrons. The third-order valence-corrected chi connectivity index (χ3v) is 2.60. The predicted octanol–water partition coefficient (Wildman–Crippen LogP) is 2.97. The second kappa shape index (κ2) is 4.58. The van der Waals surface area contributed by atoms with E-state index in [2.05, 4.69) is 15.9 Å². The first-order valence-corrected chi connectivity index (χ1v) is 4.74. The number of hydrogen-bond donors (Lipinski definition) is 0. The molecule has 0 N–H and O–H groups in total. The lowest BCUT2D eigenvalue weighted by atomic mass is 10.2. The molecule has 0 unspecified atom stereocenters. The van der Waals surface area contributed by atoms with Gasteiger partial charge < -0.3 is 4.74 Å². The predicted molar refractivity (Wildman–Crippen MR) is 57.5 cm³/mol. The van der Waals surface area contributed by atoms with Crippen LogP contribution in [-0.4, -0.2) is 12.2 Å². The smallest absolute Gasteiger partial charge is 0.163 e. The summed E-state index contributed by atoms with van der Waals surface area (Å²) in [5.41, 5.74) is 1.16. The van der Waals surface area contributed by atoms with E-state index >= 15 is 0 Å². The lowest BCUT2D eigenvalue weighted by Gasteiger charge is -2.03. The maximum Gasteiger partial charge on any atom is 0.163 e. The Kier molecular flexibility index (Phi) is 3.69. The number of ether oxygens (including phenoxy) is 1. The van der Waals surface area contributed by atoms with Crippen LogP contribution in [0, 0.1) is 0 Å². The third kappa shape index (κ3) is 2.57. The molecule has 64 valence electrons. The fourth-order valence-corrected chi connectivity index (χ4v) is 1.45. The van der Waals surface area contributed by atoms with E-state index in [0.29, 0.717) is 11.5 Å². The Hall–Kier alpha value is -0.410. The standard InChI is InChI=1S/C9H9BrOS/c1-11-9(12)6-7-4-2-3-5-8(7)10/h2-5H,6H2,1H3. The SMILES string of the molecule is COC(=S)Cc1ccccc1Br. The minimum absolute atomic E-state index is 0.613. The van der Waals surface area contributed by atoms with Crippen LogP contribution in [0.15, 0.2) is 28.7 Å². The van der Waals surface area contributed by atoms with Crippen molar-refractivity contribution in [1.29, 1.82) is 0 Å². The van der Waals surface area contributed by atoms with Crippen LogP contribution in [0.3, 0.4) is 0 Å². The molecule has 1 rings (SSSR count). The first kappa shape index (κ1) is 9.68. The number of benzene rings is 1. The lowest BCUT2D eigenvalue weighted by Crippen LogP contribution is -2.01. The monoisotopic (exact) mass is 244 g/mol. The molecule has 0 amide bonds. The average Bonchev–Trinajstić information content (AvgIpc) is 2.09. The van der Waals surface area contributed by atoms with Crippen molar-refractivity contribution in [3.8, 4) is 0 Å². The molecule has 3 heteroatoms. The molecule has 1 nitrogen and oxygen atoms in total. The average molecular weight is 245 g/mol. The van der Waals surface area contributed by atoms with E-state index < -0.39 is 0 Å². The molecule has 0 fully saturated rings. The Bertz CT molecular complexity index is 286. The minimum Gasteiger partial charge on any atom is -0.490 e. The van der Waals surface area contributed by atoms with Crippen LogP contribution in [0.25, 0.3) is 0 Å². The van der Waals surface area contributed by atoms with Gasteiger partial charge in [0.25, 0.3) is 0 Å². The van der Waals surface area contributed by atoms with Crippen molar-refractivity contribution < 1.29 is 4.74 Å². The van der Waals surface area contributed by atoms with E-state index in [0.717, 1.165) is 10.0 Å². The molecule has 0 aliphatic rings. The van der Waals surface area contributed by atoms with E-state index in [4.69, 9.17) is 17.0 Å². The number of rotatable bonds is 2. The summed E-state index contributed by atoms with van der Waals surface area (Å²) >= 11 is 8.39. The molecule has 12 heavy (non-hydrogen) atoms. The van der Waals surface area contributed by atoms with Crippen LogP contribution in [0.1, 0.15) is 5.56 Å². The first-order chi connectivity index (χ1) is 5.74. The van der Waals surface area contributed by atoms with Gasteiger partial charge in [-0.05, 0) is 23.8 Å². The van der Waals surface area contributed by atoms with Gasteiger partial charge >= 0.3 is 0 Å². The maximum atomic E-state index is 4.95. The minimum atomic E-state index is 0.613. The summed E-state index contributed by atoms with van der Waals surface area (Å²) in [5.74, 6) is 0. The number of hydrogen-bond acceptors (Lipinski definition) is 2. The van der Waals surface area contributed by atoms with Crippen LogP contribution in [-0.2, 0) is 11.2 Å². The zero-order valence-corrected chi connectivity index (χ0v) is 9.11. The molecule has 0 aromatic heterocycles. The fraction of sp³-hybridized carbons (Fsp3) is 0.222. The lowest BCUT2D eigenvalue weighted by molar-refractivity contribution is 0.406. The van der Waals surface area contributed by atoms with Crippen LogP contribution in [0.5, 0.6) is 0 Å². The van der Waals surface area contributed by atoms with Gasteiger partial charge in [0, 0.05) is 10.9 Å². The zero-order chi connectivity index (χ0) is 8.97. The van der Waals surface area contributed by atoms with Crippen molar-refractivity contribution in [3.63, 3.8) is 0 Å². The normalized spacial score (nSPS) is 9.50. The number of methoxy groups -OCH3 is 1. The van der Waals surface area contributed by atoms with Gasteiger partial charge in [-0.15, -0.1) is 0 Å². The Morgan fingerprint density at radius 2 is 2.17 bits per heavy atom. The summed E-state index contributed by atoms with van der Waals surface area (Å²) in [6, 6.07) is 7.98. The summed E-state index contributed by atoms with van der Waals surface area (Å²) in [7, 11) is 1.60. The molecule has 0 spiro atoms. The molecule has 0 saturated carbocycles. The topological polar surface area (TPSA) is 9.23 Å². The van der Waals surface area contributed by atoms with Crippen LogP contribution < -0.4 is 0 Å². The maximum absolute atomic E-state index is 4.95. The molecule has 1 aromatic rings.